The van der Waals surface area contributed by atoms with Gasteiger partial charge in [0.25, 0.3) is 0 Å². The highest BCUT2D eigenvalue weighted by Crippen LogP contribution is 2.27. The van der Waals surface area contributed by atoms with Crippen molar-refractivity contribution in [3.63, 3.8) is 0 Å². The molecule has 1 N–H and O–H groups in total. The third-order valence-electron chi connectivity index (χ3n) is 5.45. The zero-order valence-corrected chi connectivity index (χ0v) is 17.8. The van der Waals surface area contributed by atoms with Crippen molar-refractivity contribution in [1.82, 2.24) is 4.90 Å². The van der Waals surface area contributed by atoms with Crippen LogP contribution in [0.5, 0.6) is 11.5 Å². The third kappa shape index (κ3) is 5.53. The number of nitrogens with zero attached hydrogens (tertiary/aromatic N) is 1. The molecule has 0 saturated carbocycles. The van der Waals surface area contributed by atoms with Gasteiger partial charge in [0, 0.05) is 13.1 Å². The Morgan fingerprint density at radius 1 is 1.17 bits per heavy atom. The van der Waals surface area contributed by atoms with Crippen LogP contribution < -0.4 is 9.47 Å². The Labute approximate surface area is 177 Å². The summed E-state index contributed by atoms with van der Waals surface area (Å²) in [4.78, 5) is 25.4. The Hall–Kier alpha value is -3.02. The van der Waals surface area contributed by atoms with Crippen molar-refractivity contribution in [2.45, 2.75) is 45.6 Å². The van der Waals surface area contributed by atoms with Gasteiger partial charge >= 0.3 is 12.1 Å². The van der Waals surface area contributed by atoms with Crippen LogP contribution in [-0.4, -0.2) is 40.8 Å². The van der Waals surface area contributed by atoms with Gasteiger partial charge in [-0.25, -0.2) is 9.59 Å². The van der Waals surface area contributed by atoms with Crippen molar-refractivity contribution < 1.29 is 24.2 Å². The van der Waals surface area contributed by atoms with Gasteiger partial charge in [-0.1, -0.05) is 30.3 Å². The zero-order valence-electron chi connectivity index (χ0n) is 17.8. The molecule has 1 saturated heterocycles. The number of benzene rings is 2. The number of aliphatic carboxylic acids is 1. The standard InChI is InChI=1S/C24H29NO5/c1-17-15-18(11-12-21(17)30-24(2,3)22(26)27)9-10-19-13-14-25(16-19)23(28)29-20-7-5-4-6-8-20/h4-8,11-12,15,19H,9-10,13-14,16H2,1-3H3,(H,26,27). The Morgan fingerprint density at radius 3 is 2.57 bits per heavy atom. The molecular weight excluding hydrogens is 382 g/mol. The first-order valence-corrected chi connectivity index (χ1v) is 10.3. The van der Waals surface area contributed by atoms with Crippen LogP contribution in [0.25, 0.3) is 0 Å². The first-order chi connectivity index (χ1) is 14.2. The quantitative estimate of drug-likeness (QED) is 0.715. The van der Waals surface area contributed by atoms with Gasteiger partial charge in [-0.15, -0.1) is 0 Å². The van der Waals surface area contributed by atoms with Crippen molar-refractivity contribution in [2.75, 3.05) is 13.1 Å². The summed E-state index contributed by atoms with van der Waals surface area (Å²) in [6.07, 6.45) is 2.56. The molecule has 1 atom stereocenters. The minimum absolute atomic E-state index is 0.290. The Kier molecular flexibility index (Phi) is 6.65. The number of carboxylic acids is 1. The fourth-order valence-electron chi connectivity index (χ4n) is 3.56. The van der Waals surface area contributed by atoms with Crippen molar-refractivity contribution in [3.05, 3.63) is 59.7 Å². The van der Waals surface area contributed by atoms with E-state index in [1.54, 1.807) is 17.0 Å². The molecule has 1 aliphatic heterocycles. The van der Waals surface area contributed by atoms with Crippen molar-refractivity contribution in [1.29, 1.82) is 0 Å². The number of carbonyl (C=O) groups excluding carboxylic acids is 1. The lowest BCUT2D eigenvalue weighted by Crippen LogP contribution is -2.38. The molecule has 1 unspecified atom stereocenters. The van der Waals surface area contributed by atoms with Crippen LogP contribution in [0.4, 0.5) is 4.79 Å². The molecule has 0 spiro atoms. The van der Waals surface area contributed by atoms with Gasteiger partial charge in [0.1, 0.15) is 11.5 Å². The summed E-state index contributed by atoms with van der Waals surface area (Å²) in [7, 11) is 0. The van der Waals surface area contributed by atoms with Crippen LogP contribution in [-0.2, 0) is 11.2 Å². The summed E-state index contributed by atoms with van der Waals surface area (Å²) < 4.78 is 11.1. The summed E-state index contributed by atoms with van der Waals surface area (Å²) in [5, 5.41) is 9.23. The molecule has 2 aromatic rings. The van der Waals surface area contributed by atoms with Crippen molar-refractivity contribution in [2.24, 2.45) is 5.92 Å². The lowest BCUT2D eigenvalue weighted by atomic mass is 9.97. The molecular formula is C24H29NO5. The van der Waals surface area contributed by atoms with E-state index in [0.717, 1.165) is 24.8 Å². The van der Waals surface area contributed by atoms with Gasteiger partial charge in [0.15, 0.2) is 5.60 Å². The van der Waals surface area contributed by atoms with Gasteiger partial charge in [-0.05, 0) is 75.3 Å². The summed E-state index contributed by atoms with van der Waals surface area (Å²) in [5.74, 6) is 0.592. The molecule has 2 aromatic carbocycles. The molecule has 0 radical (unpaired) electrons. The van der Waals surface area contributed by atoms with E-state index < -0.39 is 11.6 Å². The number of ether oxygens (including phenoxy) is 2. The van der Waals surface area contributed by atoms with Crippen molar-refractivity contribution >= 4 is 12.1 Å². The normalized spacial score (nSPS) is 16.4. The largest absolute Gasteiger partial charge is 0.478 e. The fraction of sp³-hybridized carbons (Fsp3) is 0.417. The lowest BCUT2D eigenvalue weighted by molar-refractivity contribution is -0.152. The second-order valence-corrected chi connectivity index (χ2v) is 8.34. The first kappa shape index (κ1) is 21.7. The van der Waals surface area contributed by atoms with E-state index in [1.165, 1.54) is 19.4 Å². The third-order valence-corrected chi connectivity index (χ3v) is 5.45. The minimum Gasteiger partial charge on any atom is -0.478 e. The number of aryl methyl sites for hydroxylation is 2. The highest BCUT2D eigenvalue weighted by Gasteiger charge is 2.30. The summed E-state index contributed by atoms with van der Waals surface area (Å²) in [5.41, 5.74) is 0.827. The molecule has 6 nitrogen and oxygen atoms in total. The predicted octanol–water partition coefficient (Wildman–Crippen LogP) is 4.69. The van der Waals surface area contributed by atoms with Crippen LogP contribution in [0.15, 0.2) is 48.5 Å². The second-order valence-electron chi connectivity index (χ2n) is 8.34. The van der Waals surface area contributed by atoms with Crippen LogP contribution in [0.1, 0.15) is 37.8 Å². The van der Waals surface area contributed by atoms with Gasteiger partial charge in [-0.2, -0.15) is 0 Å². The maximum atomic E-state index is 12.3. The molecule has 3 rings (SSSR count). The average Bonchev–Trinajstić information content (AvgIpc) is 3.18. The Bertz CT molecular complexity index is 894. The topological polar surface area (TPSA) is 76.1 Å². The van der Waals surface area contributed by atoms with E-state index in [9.17, 15) is 14.7 Å². The number of carboxylic acid groups (broad SMARTS) is 1. The van der Waals surface area contributed by atoms with E-state index in [0.29, 0.717) is 30.5 Å². The number of hydrogen-bond acceptors (Lipinski definition) is 4. The van der Waals surface area contributed by atoms with Crippen LogP contribution in [0.2, 0.25) is 0 Å². The summed E-state index contributed by atoms with van der Waals surface area (Å²) in [6.45, 7) is 6.42. The molecule has 0 aromatic heterocycles. The summed E-state index contributed by atoms with van der Waals surface area (Å²) in [6, 6.07) is 15.0. The second kappa shape index (κ2) is 9.20. The lowest BCUT2D eigenvalue weighted by Gasteiger charge is -2.23. The maximum Gasteiger partial charge on any atom is 0.415 e. The molecule has 1 aliphatic rings. The molecule has 6 heteroatoms. The van der Waals surface area contributed by atoms with E-state index in [1.807, 2.05) is 43.3 Å². The number of amides is 1. The van der Waals surface area contributed by atoms with Crippen LogP contribution in [0, 0.1) is 12.8 Å². The number of rotatable bonds is 7. The minimum atomic E-state index is -1.27. The van der Waals surface area contributed by atoms with Crippen molar-refractivity contribution in [3.8, 4) is 11.5 Å². The van der Waals surface area contributed by atoms with E-state index >= 15 is 0 Å². The maximum absolute atomic E-state index is 12.3. The molecule has 160 valence electrons. The smallest absolute Gasteiger partial charge is 0.415 e. The summed E-state index contributed by atoms with van der Waals surface area (Å²) >= 11 is 0. The monoisotopic (exact) mass is 411 g/mol. The molecule has 1 heterocycles. The molecule has 1 fully saturated rings. The predicted molar refractivity (Wildman–Crippen MR) is 114 cm³/mol. The van der Waals surface area contributed by atoms with Gasteiger partial charge in [0.2, 0.25) is 0 Å². The Morgan fingerprint density at radius 2 is 1.90 bits per heavy atom. The number of carbonyl (C=O) groups is 2. The van der Waals surface area contributed by atoms with Crippen LogP contribution >= 0.6 is 0 Å². The SMILES string of the molecule is Cc1cc(CCC2CCN(C(=O)Oc3ccccc3)C2)ccc1OC(C)(C)C(=O)O. The fourth-order valence-corrected chi connectivity index (χ4v) is 3.56. The van der Waals surface area contributed by atoms with Gasteiger partial charge in [0.05, 0.1) is 0 Å². The average molecular weight is 411 g/mol. The first-order valence-electron chi connectivity index (χ1n) is 10.3. The molecule has 1 amide bonds. The molecule has 30 heavy (non-hydrogen) atoms. The highest BCUT2D eigenvalue weighted by atomic mass is 16.6. The number of hydrogen-bond donors (Lipinski definition) is 1. The van der Waals surface area contributed by atoms with E-state index in [4.69, 9.17) is 9.47 Å². The van der Waals surface area contributed by atoms with Gasteiger partial charge in [-0.3, -0.25) is 0 Å². The molecule has 0 bridgehead atoms. The zero-order chi connectivity index (χ0) is 21.7. The van der Waals surface area contributed by atoms with E-state index in [2.05, 4.69) is 0 Å². The van der Waals surface area contributed by atoms with Crippen LogP contribution in [0.3, 0.4) is 0 Å². The van der Waals surface area contributed by atoms with Gasteiger partial charge < -0.3 is 19.5 Å². The number of likely N-dealkylation sites (tertiary alicyclic amines) is 1. The number of para-hydroxylation sites is 1. The Balaban J connectivity index is 1.50. The highest BCUT2D eigenvalue weighted by molar-refractivity contribution is 5.76. The molecule has 0 aliphatic carbocycles. The van der Waals surface area contributed by atoms with E-state index in [-0.39, 0.29) is 6.09 Å².